The van der Waals surface area contributed by atoms with Gasteiger partial charge in [-0.1, -0.05) is 35.9 Å². The highest BCUT2D eigenvalue weighted by Crippen LogP contribution is 2.38. The second-order valence-electron chi connectivity index (χ2n) is 7.52. The summed E-state index contributed by atoms with van der Waals surface area (Å²) >= 11 is 0. The van der Waals surface area contributed by atoms with Crippen molar-refractivity contribution in [2.24, 2.45) is 0 Å². The van der Waals surface area contributed by atoms with Crippen molar-refractivity contribution in [1.82, 2.24) is 4.90 Å². The van der Waals surface area contributed by atoms with Gasteiger partial charge in [0.2, 0.25) is 5.76 Å². The number of hydrogen-bond donors (Lipinski definition) is 1. The summed E-state index contributed by atoms with van der Waals surface area (Å²) in [4.78, 5) is 28.2. The molecule has 2 heterocycles. The smallest absolute Gasteiger partial charge is 0.290 e. The summed E-state index contributed by atoms with van der Waals surface area (Å²) in [7, 11) is 0. The van der Waals surface area contributed by atoms with Crippen LogP contribution in [0.4, 0.5) is 0 Å². The molecule has 1 atom stereocenters. The zero-order chi connectivity index (χ0) is 20.0. The van der Waals surface area contributed by atoms with Crippen molar-refractivity contribution in [3.63, 3.8) is 0 Å². The second-order valence-corrected chi connectivity index (χ2v) is 7.52. The lowest BCUT2D eigenvalue weighted by Gasteiger charge is -2.25. The Bertz CT molecular complexity index is 1130. The van der Waals surface area contributed by atoms with E-state index in [2.05, 4.69) is 0 Å². The van der Waals surface area contributed by atoms with Gasteiger partial charge in [0.1, 0.15) is 5.58 Å². The van der Waals surface area contributed by atoms with Crippen LogP contribution >= 0.6 is 0 Å². The molecule has 0 spiro atoms. The molecule has 5 heteroatoms. The van der Waals surface area contributed by atoms with Crippen molar-refractivity contribution in [2.45, 2.75) is 33.2 Å². The fourth-order valence-corrected chi connectivity index (χ4v) is 4.04. The van der Waals surface area contributed by atoms with Crippen LogP contribution in [0.2, 0.25) is 0 Å². The van der Waals surface area contributed by atoms with Crippen molar-refractivity contribution < 1.29 is 14.3 Å². The maximum atomic E-state index is 13.5. The molecule has 0 saturated heterocycles. The lowest BCUT2D eigenvalue weighted by Crippen LogP contribution is -2.31. The van der Waals surface area contributed by atoms with Gasteiger partial charge in [0.15, 0.2) is 5.43 Å². The monoisotopic (exact) mass is 377 g/mol. The van der Waals surface area contributed by atoms with Gasteiger partial charge in [0, 0.05) is 13.2 Å². The van der Waals surface area contributed by atoms with E-state index in [9.17, 15) is 14.7 Å². The molecule has 1 aromatic heterocycles. The summed E-state index contributed by atoms with van der Waals surface area (Å²) in [5.74, 6) is -0.180. The first-order chi connectivity index (χ1) is 13.4. The molecule has 3 aromatic rings. The van der Waals surface area contributed by atoms with Gasteiger partial charge in [-0.2, -0.15) is 0 Å². The number of carbonyl (C=O) groups is 1. The number of hydrogen-bond acceptors (Lipinski definition) is 4. The topological polar surface area (TPSA) is 70.8 Å². The molecule has 0 bridgehead atoms. The van der Waals surface area contributed by atoms with E-state index in [1.165, 1.54) is 0 Å². The lowest BCUT2D eigenvalue weighted by molar-refractivity contribution is 0.0716. The van der Waals surface area contributed by atoms with E-state index in [0.717, 1.165) is 22.3 Å². The predicted octanol–water partition coefficient (Wildman–Crippen LogP) is 3.65. The van der Waals surface area contributed by atoms with Crippen LogP contribution in [0.15, 0.2) is 45.6 Å². The van der Waals surface area contributed by atoms with Crippen LogP contribution in [-0.2, 0) is 0 Å². The molecule has 0 saturated carbocycles. The highest BCUT2D eigenvalue weighted by molar-refractivity contribution is 5.99. The Morgan fingerprint density at radius 2 is 1.75 bits per heavy atom. The molecule has 0 fully saturated rings. The molecule has 2 aromatic carbocycles. The predicted molar refractivity (Wildman–Crippen MR) is 108 cm³/mol. The fourth-order valence-electron chi connectivity index (χ4n) is 4.04. The Balaban J connectivity index is 2.00. The SMILES string of the molecule is Cc1ccc([C@@H]2c3c(oc4c(C)cc(C)cc4c3=O)C(=O)N2CCCO)cc1. The van der Waals surface area contributed by atoms with Crippen LogP contribution < -0.4 is 5.43 Å². The molecule has 0 radical (unpaired) electrons. The van der Waals surface area contributed by atoms with Crippen LogP contribution in [0, 0.1) is 20.8 Å². The molecule has 1 aliphatic heterocycles. The van der Waals surface area contributed by atoms with Gasteiger partial charge in [-0.05, 0) is 49.9 Å². The highest BCUT2D eigenvalue weighted by atomic mass is 16.3. The largest absolute Gasteiger partial charge is 0.450 e. The molecular formula is C23H23NO4. The van der Waals surface area contributed by atoms with Gasteiger partial charge in [0.25, 0.3) is 5.91 Å². The van der Waals surface area contributed by atoms with Crippen molar-refractivity contribution >= 4 is 16.9 Å². The van der Waals surface area contributed by atoms with E-state index in [1.54, 1.807) is 4.90 Å². The van der Waals surface area contributed by atoms with Crippen LogP contribution in [0.5, 0.6) is 0 Å². The van der Waals surface area contributed by atoms with Crippen LogP contribution in [-0.4, -0.2) is 29.1 Å². The van der Waals surface area contributed by atoms with Crippen molar-refractivity contribution in [3.05, 3.63) is 80.2 Å². The fraction of sp³-hybridized carbons (Fsp3) is 0.304. The Morgan fingerprint density at radius 3 is 2.43 bits per heavy atom. The van der Waals surface area contributed by atoms with Gasteiger partial charge >= 0.3 is 0 Å². The molecule has 0 aliphatic carbocycles. The summed E-state index contributed by atoms with van der Waals surface area (Å²) in [6.07, 6.45) is 0.438. The molecule has 0 unspecified atom stereocenters. The third-order valence-electron chi connectivity index (χ3n) is 5.35. The number of fused-ring (bicyclic) bond motifs is 2. The number of aliphatic hydroxyl groups excluding tert-OH is 1. The quantitative estimate of drug-likeness (QED) is 0.753. The Kier molecular flexibility index (Phi) is 4.55. The molecule has 1 amide bonds. The minimum Gasteiger partial charge on any atom is -0.450 e. The van der Waals surface area contributed by atoms with E-state index in [4.69, 9.17) is 4.42 Å². The summed E-state index contributed by atoms with van der Waals surface area (Å²) < 4.78 is 6.02. The minimum atomic E-state index is -0.504. The number of rotatable bonds is 4. The normalized spacial score (nSPS) is 16.1. The van der Waals surface area contributed by atoms with Crippen LogP contribution in [0.3, 0.4) is 0 Å². The van der Waals surface area contributed by atoms with Crippen molar-refractivity contribution in [2.75, 3.05) is 13.2 Å². The first-order valence-corrected chi connectivity index (χ1v) is 9.48. The Labute approximate surface area is 163 Å². The molecule has 28 heavy (non-hydrogen) atoms. The third-order valence-corrected chi connectivity index (χ3v) is 5.35. The first kappa shape index (κ1) is 18.4. The Hall–Kier alpha value is -2.92. The Morgan fingerprint density at radius 1 is 1.04 bits per heavy atom. The molecule has 1 aliphatic rings. The summed E-state index contributed by atoms with van der Waals surface area (Å²) in [5.41, 5.74) is 4.49. The highest BCUT2D eigenvalue weighted by Gasteiger charge is 2.42. The molecule has 144 valence electrons. The number of amides is 1. The van der Waals surface area contributed by atoms with Crippen molar-refractivity contribution in [1.29, 1.82) is 0 Å². The van der Waals surface area contributed by atoms with E-state index < -0.39 is 6.04 Å². The van der Waals surface area contributed by atoms with Crippen LogP contribution in [0.25, 0.3) is 11.0 Å². The van der Waals surface area contributed by atoms with E-state index >= 15 is 0 Å². The average Bonchev–Trinajstić information content (AvgIpc) is 2.94. The molecule has 5 nitrogen and oxygen atoms in total. The van der Waals surface area contributed by atoms with Gasteiger partial charge in [0.05, 0.1) is 17.0 Å². The summed E-state index contributed by atoms with van der Waals surface area (Å²) in [6, 6.07) is 11.1. The zero-order valence-corrected chi connectivity index (χ0v) is 16.3. The number of aliphatic hydroxyl groups is 1. The molecule has 4 rings (SSSR count). The van der Waals surface area contributed by atoms with Gasteiger partial charge < -0.3 is 14.4 Å². The second kappa shape index (κ2) is 6.91. The van der Waals surface area contributed by atoms with Crippen LogP contribution in [0.1, 0.15) is 50.8 Å². The maximum absolute atomic E-state index is 13.5. The van der Waals surface area contributed by atoms with E-state index in [1.807, 2.05) is 57.2 Å². The van der Waals surface area contributed by atoms with Gasteiger partial charge in [-0.15, -0.1) is 0 Å². The number of aryl methyl sites for hydroxylation is 3. The maximum Gasteiger partial charge on any atom is 0.290 e. The van der Waals surface area contributed by atoms with Crippen molar-refractivity contribution in [3.8, 4) is 0 Å². The lowest BCUT2D eigenvalue weighted by atomic mass is 9.96. The van der Waals surface area contributed by atoms with E-state index in [0.29, 0.717) is 29.5 Å². The average molecular weight is 377 g/mol. The summed E-state index contributed by atoms with van der Waals surface area (Å²) in [5, 5.41) is 9.78. The zero-order valence-electron chi connectivity index (χ0n) is 16.3. The number of nitrogens with zero attached hydrogens (tertiary/aromatic N) is 1. The molecular weight excluding hydrogens is 354 g/mol. The van der Waals surface area contributed by atoms with Gasteiger partial charge in [-0.25, -0.2) is 0 Å². The number of benzene rings is 2. The third kappa shape index (κ3) is 2.83. The molecule has 1 N–H and O–H groups in total. The summed E-state index contributed by atoms with van der Waals surface area (Å²) in [6.45, 7) is 6.14. The first-order valence-electron chi connectivity index (χ1n) is 9.48. The minimum absolute atomic E-state index is 0.0254. The standard InChI is InChI=1S/C23H23NO4/c1-13-5-7-16(8-6-13)19-18-20(26)17-12-14(2)11-15(3)21(17)28-22(18)23(27)24(19)9-4-10-25/h5-8,11-12,19,25H,4,9-10H2,1-3H3/t19-/m1/s1. The van der Waals surface area contributed by atoms with Gasteiger partial charge in [-0.3, -0.25) is 9.59 Å². The van der Waals surface area contributed by atoms with E-state index in [-0.39, 0.29) is 23.7 Å². The number of carbonyl (C=O) groups excluding carboxylic acids is 1.